The van der Waals surface area contributed by atoms with Crippen molar-refractivity contribution in [1.29, 1.82) is 0 Å². The van der Waals surface area contributed by atoms with Crippen LogP contribution in [0.4, 0.5) is 28.0 Å². The summed E-state index contributed by atoms with van der Waals surface area (Å²) >= 11 is 0. The van der Waals surface area contributed by atoms with Crippen molar-refractivity contribution in [3.63, 3.8) is 0 Å². The normalized spacial score (nSPS) is 17.5. The molecule has 2 aromatic rings. The van der Waals surface area contributed by atoms with Crippen LogP contribution in [0.1, 0.15) is 11.1 Å². The van der Waals surface area contributed by atoms with Gasteiger partial charge in [-0.1, -0.05) is 36.1 Å². The Morgan fingerprint density at radius 2 is 1.71 bits per heavy atom. The van der Waals surface area contributed by atoms with Crippen LogP contribution in [-0.4, -0.2) is 48.4 Å². The highest BCUT2D eigenvalue weighted by Gasteiger charge is 2.49. The maximum absolute atomic E-state index is 15.0. The molecule has 0 aromatic heterocycles. The Balaban J connectivity index is 1.71. The molecule has 0 saturated heterocycles. The van der Waals surface area contributed by atoms with Crippen LogP contribution in [0.15, 0.2) is 66.3 Å². The quantitative estimate of drug-likeness (QED) is 0.386. The summed E-state index contributed by atoms with van der Waals surface area (Å²) in [5, 5.41) is 0. The fourth-order valence-electron chi connectivity index (χ4n) is 3.62. The second-order valence-electron chi connectivity index (χ2n) is 7.38. The highest BCUT2D eigenvalue weighted by Crippen LogP contribution is 2.30. The predicted octanol–water partition coefficient (Wildman–Crippen LogP) is 4.06. The molecule has 0 bridgehead atoms. The molecule has 34 heavy (non-hydrogen) atoms. The number of hydrogen-bond donors (Lipinski definition) is 0. The van der Waals surface area contributed by atoms with Crippen molar-refractivity contribution in [1.82, 2.24) is 0 Å². The maximum atomic E-state index is 15.0. The van der Waals surface area contributed by atoms with E-state index in [2.05, 4.69) is 11.8 Å². The third-order valence-corrected chi connectivity index (χ3v) is 5.13. The molecule has 1 atom stereocenters. The van der Waals surface area contributed by atoms with Gasteiger partial charge in [0.1, 0.15) is 18.3 Å². The lowest BCUT2D eigenvalue weighted by molar-refractivity contribution is -0.395. The van der Waals surface area contributed by atoms with Crippen LogP contribution in [0.25, 0.3) is 0 Å². The lowest BCUT2D eigenvalue weighted by Crippen LogP contribution is -2.54. The molecule has 0 saturated carbocycles. The Bertz CT molecular complexity index is 1300. The molecule has 3 amide bonds. The molecular weight excluding hydrogens is 452 g/mol. The minimum atomic E-state index is -2.76. The number of urea groups is 1. The van der Waals surface area contributed by atoms with Crippen molar-refractivity contribution in [3.05, 3.63) is 89.0 Å². The molecule has 1 heterocycles. The first kappa shape index (κ1) is 23.1. The number of nitrogens with zero attached hydrogens (tertiary/aromatic N) is 2. The number of benzene rings is 2. The molecule has 1 aliphatic carbocycles. The predicted molar refractivity (Wildman–Crippen MR) is 116 cm³/mol. The van der Waals surface area contributed by atoms with E-state index in [9.17, 15) is 27.2 Å². The van der Waals surface area contributed by atoms with Gasteiger partial charge in [0.25, 0.3) is 6.43 Å². The zero-order valence-electron chi connectivity index (χ0n) is 17.8. The van der Waals surface area contributed by atoms with Crippen molar-refractivity contribution < 1.29 is 36.5 Å². The van der Waals surface area contributed by atoms with Gasteiger partial charge in [0.2, 0.25) is 5.69 Å². The summed E-state index contributed by atoms with van der Waals surface area (Å²) in [6.45, 7) is -0.916. The van der Waals surface area contributed by atoms with Crippen LogP contribution >= 0.6 is 0 Å². The van der Waals surface area contributed by atoms with Crippen molar-refractivity contribution in [2.75, 3.05) is 18.6 Å². The molecule has 1 aliphatic heterocycles. The SMILES string of the molecule is C[N+]1=C2C(=CC=CC2OCC(F)F)C(=O)N(c2c(F)cc(C#Cc3ccccc3)cc2F)C1=O. The summed E-state index contributed by atoms with van der Waals surface area (Å²) in [6.07, 6.45) is 0.260. The number of imide groups is 1. The summed E-state index contributed by atoms with van der Waals surface area (Å²) in [6, 6.07) is 9.59. The Labute approximate surface area is 192 Å². The first-order chi connectivity index (χ1) is 16.3. The van der Waals surface area contributed by atoms with Crippen molar-refractivity contribution in [3.8, 4) is 11.8 Å². The number of carbonyl (C=O) groups excluding carboxylic acids is 2. The van der Waals surface area contributed by atoms with Gasteiger partial charge in [-0.2, -0.15) is 9.37 Å². The van der Waals surface area contributed by atoms with E-state index in [0.29, 0.717) is 10.5 Å². The van der Waals surface area contributed by atoms with Gasteiger partial charge in [0.05, 0.1) is 7.05 Å². The molecule has 0 spiro atoms. The number of halogens is 4. The Morgan fingerprint density at radius 3 is 2.35 bits per heavy atom. The number of amides is 3. The maximum Gasteiger partial charge on any atom is 0.506 e. The Kier molecular flexibility index (Phi) is 6.43. The molecule has 9 heteroatoms. The largest absolute Gasteiger partial charge is 0.506 e. The molecule has 0 fully saturated rings. The molecule has 4 rings (SSSR count). The molecule has 2 aromatic carbocycles. The number of allylic oxidation sites excluding steroid dienone is 2. The zero-order chi connectivity index (χ0) is 24.4. The van der Waals surface area contributed by atoms with Gasteiger partial charge < -0.3 is 4.74 Å². The summed E-state index contributed by atoms with van der Waals surface area (Å²) in [7, 11) is 1.26. The lowest BCUT2D eigenvalue weighted by Gasteiger charge is -2.27. The van der Waals surface area contributed by atoms with Gasteiger partial charge in [-0.05, 0) is 36.4 Å². The average Bonchev–Trinajstić information content (AvgIpc) is 2.82. The van der Waals surface area contributed by atoms with Crippen LogP contribution in [0, 0.1) is 23.5 Å². The van der Waals surface area contributed by atoms with E-state index in [0.717, 1.165) is 16.7 Å². The monoisotopic (exact) mass is 469 g/mol. The van der Waals surface area contributed by atoms with E-state index >= 15 is 0 Å². The molecular formula is C25H17F4N2O3+. The van der Waals surface area contributed by atoms with Crippen molar-refractivity contribution in [2.24, 2.45) is 0 Å². The minimum Gasteiger partial charge on any atom is -0.360 e. The van der Waals surface area contributed by atoms with Crippen molar-refractivity contribution in [2.45, 2.75) is 12.5 Å². The number of carbonyl (C=O) groups is 2. The second kappa shape index (κ2) is 9.45. The molecule has 5 nitrogen and oxygen atoms in total. The van der Waals surface area contributed by atoms with Crippen LogP contribution < -0.4 is 4.90 Å². The number of alkyl halides is 2. The van der Waals surface area contributed by atoms with Gasteiger partial charge in [0.15, 0.2) is 17.3 Å². The van der Waals surface area contributed by atoms with Crippen molar-refractivity contribution >= 4 is 23.3 Å². The van der Waals surface area contributed by atoms with E-state index in [1.807, 2.05) is 0 Å². The smallest absolute Gasteiger partial charge is 0.360 e. The number of anilines is 1. The van der Waals surface area contributed by atoms with E-state index in [4.69, 9.17) is 4.74 Å². The number of fused-ring (bicyclic) bond motifs is 1. The van der Waals surface area contributed by atoms with Gasteiger partial charge >= 0.3 is 11.9 Å². The van der Waals surface area contributed by atoms with Crippen LogP contribution in [0.3, 0.4) is 0 Å². The first-order valence-electron chi connectivity index (χ1n) is 10.1. The van der Waals surface area contributed by atoms with E-state index < -0.39 is 48.4 Å². The fraction of sp³-hybridized carbons (Fsp3) is 0.160. The Hall–Kier alpha value is -4.03. The van der Waals surface area contributed by atoms with E-state index in [1.54, 1.807) is 30.3 Å². The van der Waals surface area contributed by atoms with Crippen LogP contribution in [0.5, 0.6) is 0 Å². The fourth-order valence-corrected chi connectivity index (χ4v) is 3.62. The topological polar surface area (TPSA) is 49.6 Å². The highest BCUT2D eigenvalue weighted by molar-refractivity contribution is 6.35. The standard InChI is InChI=1S/C25H17F4N2O3/c1-30-22-17(8-5-9-20(22)34-14-21(28)29)24(32)31(25(30)33)23-18(26)12-16(13-19(23)27)11-10-15-6-3-2-4-7-15/h2-9,12-13,20-21H,14H2,1H3/q+1. The molecule has 0 N–H and O–H groups in total. The summed E-state index contributed by atoms with van der Waals surface area (Å²) < 4.78 is 61.2. The van der Waals surface area contributed by atoms with Gasteiger partial charge in [0, 0.05) is 11.1 Å². The van der Waals surface area contributed by atoms with Gasteiger partial charge in [-0.3, -0.25) is 0 Å². The molecule has 2 aliphatic rings. The first-order valence-corrected chi connectivity index (χ1v) is 10.1. The third-order valence-electron chi connectivity index (χ3n) is 5.13. The molecule has 172 valence electrons. The highest BCUT2D eigenvalue weighted by atomic mass is 19.3. The van der Waals surface area contributed by atoms with E-state index in [1.165, 1.54) is 25.3 Å². The minimum absolute atomic E-state index is 0.0143. The third kappa shape index (κ3) is 4.40. The van der Waals surface area contributed by atoms with Gasteiger partial charge in [-0.25, -0.2) is 22.4 Å². The molecule has 0 radical (unpaired) electrons. The molecule has 1 unspecified atom stereocenters. The summed E-state index contributed by atoms with van der Waals surface area (Å²) in [4.78, 5) is 26.4. The van der Waals surface area contributed by atoms with Crippen LogP contribution in [0.2, 0.25) is 0 Å². The lowest BCUT2D eigenvalue weighted by atomic mass is 9.96. The average molecular weight is 469 g/mol. The number of ether oxygens (including phenoxy) is 1. The second-order valence-corrected chi connectivity index (χ2v) is 7.38. The number of hydrogen-bond acceptors (Lipinski definition) is 3. The van der Waals surface area contributed by atoms with E-state index in [-0.39, 0.29) is 16.8 Å². The zero-order valence-corrected chi connectivity index (χ0v) is 17.8. The summed E-state index contributed by atoms with van der Waals surface area (Å²) in [5.74, 6) is 2.10. The Morgan fingerprint density at radius 1 is 1.06 bits per heavy atom. The number of rotatable bonds is 4. The summed E-state index contributed by atoms with van der Waals surface area (Å²) in [5.41, 5.74) is -0.289. The van der Waals surface area contributed by atoms with Gasteiger partial charge in [-0.15, -0.1) is 4.90 Å². The van der Waals surface area contributed by atoms with Crippen LogP contribution in [-0.2, 0) is 9.53 Å².